The van der Waals surface area contributed by atoms with Gasteiger partial charge in [0.25, 0.3) is 5.82 Å². The molecule has 0 N–H and O–H groups in total. The molecular formula is C34H56F6N10O14S2. The largest absolute Gasteiger partial charge is 0.741 e. The lowest BCUT2D eigenvalue weighted by Crippen LogP contribution is -2.36. The van der Waals surface area contributed by atoms with Gasteiger partial charge >= 0.3 is 21.1 Å². The molecular weight excluding hydrogens is 951 g/mol. The van der Waals surface area contributed by atoms with Crippen LogP contribution < -0.4 is 18.9 Å². The second-order valence-corrected chi connectivity index (χ2v) is 15.9. The molecule has 0 radical (unpaired) electrons. The van der Waals surface area contributed by atoms with Crippen LogP contribution in [0.3, 0.4) is 0 Å². The van der Waals surface area contributed by atoms with E-state index in [9.17, 15) is 34.8 Å². The zero-order valence-electron chi connectivity index (χ0n) is 37.0. The van der Waals surface area contributed by atoms with Crippen LogP contribution in [0.1, 0.15) is 0 Å². The topological polar surface area (TPSA) is 301 Å². The van der Waals surface area contributed by atoms with Crippen molar-refractivity contribution in [2.75, 3.05) is 153 Å². The van der Waals surface area contributed by atoms with Gasteiger partial charge in [0.05, 0.1) is 108 Å². The molecule has 0 aliphatic heterocycles. The third-order valence-corrected chi connectivity index (χ3v) is 8.18. The lowest BCUT2D eigenvalue weighted by atomic mass is 10.4. The predicted molar refractivity (Wildman–Crippen MR) is 224 cm³/mol. The normalized spacial score (nSPS) is 11.5. The van der Waals surface area contributed by atoms with E-state index in [1.54, 1.807) is 12.4 Å². The monoisotopic (exact) mass is 1010 g/mol. The van der Waals surface area contributed by atoms with Crippen LogP contribution in [0, 0.1) is 0 Å². The molecule has 24 nitrogen and oxygen atoms in total. The quantitative estimate of drug-likeness (QED) is 0.0125. The summed E-state index contributed by atoms with van der Waals surface area (Å²) in [5, 5.41) is 6.73. The zero-order valence-corrected chi connectivity index (χ0v) is 38.7. The van der Waals surface area contributed by atoms with E-state index in [0.29, 0.717) is 117 Å². The maximum atomic E-state index is 11.1. The first-order valence-electron chi connectivity index (χ1n) is 18.9. The maximum absolute atomic E-state index is 11.1. The first-order chi connectivity index (χ1) is 30.9. The molecule has 0 fully saturated rings. The molecule has 0 spiro atoms. The Bertz CT molecular complexity index is 1910. The number of pyridine rings is 2. The fourth-order valence-corrected chi connectivity index (χ4v) is 3.92. The minimum atomic E-state index is -6.09. The predicted octanol–water partition coefficient (Wildman–Crippen LogP) is 4.44. The average Bonchev–Trinajstić information content (AvgIpc) is 3.23. The highest BCUT2D eigenvalue weighted by Crippen LogP contribution is 2.27. The first kappa shape index (κ1) is 63.5. The molecule has 2 aromatic heterocycles. The molecule has 0 unspecified atom stereocenters. The van der Waals surface area contributed by atoms with Crippen molar-refractivity contribution in [3.05, 3.63) is 57.5 Å². The smallest absolute Gasteiger partial charge is 0.523 e. The van der Waals surface area contributed by atoms with Gasteiger partial charge in [0.15, 0.2) is 21.7 Å². The number of quaternary nitrogens is 1. The zero-order chi connectivity index (χ0) is 50.5. The third-order valence-electron chi connectivity index (χ3n) is 6.60. The van der Waals surface area contributed by atoms with Gasteiger partial charge < -0.3 is 47.3 Å². The Kier molecular flexibility index (Phi) is 34.3. The molecule has 0 atom stereocenters. The fourth-order valence-electron chi connectivity index (χ4n) is 3.73. The van der Waals surface area contributed by atoms with Crippen molar-refractivity contribution in [1.82, 2.24) is 14.5 Å². The Morgan fingerprint density at radius 3 is 1.30 bits per heavy atom. The van der Waals surface area contributed by atoms with Crippen molar-refractivity contribution >= 4 is 31.9 Å². The van der Waals surface area contributed by atoms with Crippen LogP contribution in [0.2, 0.25) is 0 Å². The lowest BCUT2D eigenvalue weighted by Gasteiger charge is -2.23. The van der Waals surface area contributed by atoms with Gasteiger partial charge in [0, 0.05) is 49.4 Å². The van der Waals surface area contributed by atoms with Gasteiger partial charge in [-0.25, -0.2) is 18.4 Å². The van der Waals surface area contributed by atoms with Crippen LogP contribution >= 0.6 is 0 Å². The SMILES string of the molecule is CN(C)c1ncccc1OCCOCCOCCOCCN=[N+]=[N-].COS(=O)(=O)C(F)(F)F.C[N+](C)(C)c1ncccc1OCCOCCOCCOCCN=[N+]=[N-].O=S(=O)([O-])C(F)(F)F. The molecule has 66 heavy (non-hydrogen) atoms. The van der Waals surface area contributed by atoms with E-state index in [-0.39, 0.29) is 0 Å². The van der Waals surface area contributed by atoms with Gasteiger partial charge in [-0.15, -0.1) is 0 Å². The Hall–Kier alpha value is -4.56. The van der Waals surface area contributed by atoms with Gasteiger partial charge in [-0.05, 0) is 35.3 Å². The molecule has 32 heteroatoms. The molecule has 0 aliphatic rings. The van der Waals surface area contributed by atoms with E-state index in [2.05, 4.69) is 34.2 Å². The molecule has 2 rings (SSSR count). The highest BCUT2D eigenvalue weighted by atomic mass is 32.2. The van der Waals surface area contributed by atoms with Crippen LogP contribution in [0.4, 0.5) is 38.0 Å². The summed E-state index contributed by atoms with van der Waals surface area (Å²) in [5.41, 5.74) is 5.22. The van der Waals surface area contributed by atoms with Crippen molar-refractivity contribution in [2.24, 2.45) is 10.2 Å². The summed E-state index contributed by atoms with van der Waals surface area (Å²) in [4.78, 5) is 15.8. The van der Waals surface area contributed by atoms with E-state index >= 15 is 0 Å². The summed E-state index contributed by atoms with van der Waals surface area (Å²) >= 11 is 0. The van der Waals surface area contributed by atoms with E-state index in [1.807, 2.05) is 64.4 Å². The second kappa shape index (κ2) is 35.6. The maximum Gasteiger partial charge on any atom is 0.523 e. The lowest BCUT2D eigenvalue weighted by molar-refractivity contribution is -0.0528. The Morgan fingerprint density at radius 2 is 0.985 bits per heavy atom. The summed E-state index contributed by atoms with van der Waals surface area (Å²) < 4.78 is 159. The summed E-state index contributed by atoms with van der Waals surface area (Å²) in [6.45, 7) is 7.27. The van der Waals surface area contributed by atoms with Gasteiger partial charge in [-0.3, -0.25) is 8.67 Å². The minimum absolute atomic E-state index is 0.339. The van der Waals surface area contributed by atoms with Crippen molar-refractivity contribution in [3.63, 3.8) is 0 Å². The van der Waals surface area contributed by atoms with Crippen LogP contribution in [-0.4, -0.2) is 190 Å². The number of hydrogen-bond donors (Lipinski definition) is 0. The molecule has 0 saturated heterocycles. The van der Waals surface area contributed by atoms with Crippen LogP contribution in [0.15, 0.2) is 46.9 Å². The molecule has 2 heterocycles. The van der Waals surface area contributed by atoms with E-state index < -0.39 is 31.3 Å². The number of alkyl halides is 6. The molecule has 0 saturated carbocycles. The summed E-state index contributed by atoms with van der Waals surface area (Å²) in [7, 11) is -1.00. The van der Waals surface area contributed by atoms with E-state index in [0.717, 1.165) is 23.1 Å². The van der Waals surface area contributed by atoms with Crippen molar-refractivity contribution in [3.8, 4) is 11.5 Å². The Morgan fingerprint density at radius 1 is 0.636 bits per heavy atom. The highest BCUT2D eigenvalue weighted by Gasteiger charge is 2.46. The van der Waals surface area contributed by atoms with Crippen LogP contribution in [-0.2, 0) is 52.8 Å². The van der Waals surface area contributed by atoms with E-state index in [1.165, 1.54) is 0 Å². The third kappa shape index (κ3) is 33.0. The Balaban J connectivity index is 0. The van der Waals surface area contributed by atoms with Gasteiger partial charge in [-0.1, -0.05) is 10.2 Å². The first-order valence-corrected chi connectivity index (χ1v) is 21.7. The van der Waals surface area contributed by atoms with Crippen LogP contribution in [0.5, 0.6) is 11.5 Å². The number of hydrogen-bond acceptors (Lipinski definition) is 19. The van der Waals surface area contributed by atoms with Gasteiger partial charge in [0.2, 0.25) is 5.75 Å². The standard InChI is InChI=1S/C16H28N5O4.C15H25N5O4.C2H3F3O3S.CHF3O3S/c1-21(2,3)16-15(5-4-6-18-16)25-14-13-24-12-11-23-10-9-22-8-7-19-20-17;1-20(2)15-14(4-3-5-17-15)24-13-12-23-11-10-22-9-8-21-7-6-18-19-16;1-8-9(6,7)2(3,4)5;2-1(3,4)8(5,6)7/h4-6H,7-14H2,1-3H3;3-5H,6-13H2,1-2H3;1H3;(H,5,6,7)/q+1;;;/p-1. The summed E-state index contributed by atoms with van der Waals surface area (Å²) in [6.07, 6.45) is 3.50. The minimum Gasteiger partial charge on any atom is -0.741 e. The fraction of sp³-hybridized carbons (Fsp3) is 0.706. The van der Waals surface area contributed by atoms with Gasteiger partial charge in [-0.2, -0.15) is 34.8 Å². The summed E-state index contributed by atoms with van der Waals surface area (Å²) in [5.74, 6) is 3.18. The van der Waals surface area contributed by atoms with Crippen molar-refractivity contribution in [1.29, 1.82) is 0 Å². The number of anilines is 1. The number of nitrogens with zero attached hydrogens (tertiary/aromatic N) is 10. The second-order valence-electron chi connectivity index (χ2n) is 12.8. The average molecular weight is 1010 g/mol. The molecule has 2 aromatic rings. The number of rotatable bonds is 29. The number of aromatic nitrogens is 2. The van der Waals surface area contributed by atoms with Crippen LogP contribution in [0.25, 0.3) is 20.9 Å². The molecule has 0 aromatic carbocycles. The summed E-state index contributed by atoms with van der Waals surface area (Å²) in [6, 6.07) is 7.49. The molecule has 0 aliphatic carbocycles. The Labute approximate surface area is 378 Å². The highest BCUT2D eigenvalue weighted by molar-refractivity contribution is 7.87. The molecule has 0 amide bonds. The van der Waals surface area contributed by atoms with Crippen molar-refractivity contribution in [2.45, 2.75) is 11.0 Å². The number of halogens is 6. The molecule has 380 valence electrons. The van der Waals surface area contributed by atoms with Gasteiger partial charge in [0.1, 0.15) is 13.2 Å². The van der Waals surface area contributed by atoms with Crippen molar-refractivity contribution < 1.29 is 89.8 Å². The molecule has 0 bridgehead atoms. The van der Waals surface area contributed by atoms with E-state index in [4.69, 9.17) is 61.9 Å². The number of azide groups is 2. The number of ether oxygens (including phenoxy) is 8.